The summed E-state index contributed by atoms with van der Waals surface area (Å²) in [6.45, 7) is 2.72. The molecule has 4 heteroatoms. The topological polar surface area (TPSA) is 48.1 Å². The Morgan fingerprint density at radius 3 is 2.85 bits per heavy atom. The molecule has 0 aliphatic carbocycles. The van der Waals surface area contributed by atoms with Crippen LogP contribution in [0, 0.1) is 0 Å². The fourth-order valence-corrected chi connectivity index (χ4v) is 0.939. The molecule has 2 N–H and O–H groups in total. The lowest BCUT2D eigenvalue weighted by Crippen LogP contribution is -2.09. The van der Waals surface area contributed by atoms with E-state index in [4.69, 9.17) is 22.7 Å². The van der Waals surface area contributed by atoms with Crippen molar-refractivity contribution in [1.82, 2.24) is 4.98 Å². The smallest absolute Gasteiger partial charge is 0.213 e. The summed E-state index contributed by atoms with van der Waals surface area (Å²) in [5.41, 5.74) is 6.18. The first-order valence-corrected chi connectivity index (χ1v) is 4.53. The maximum Gasteiger partial charge on any atom is 0.213 e. The minimum absolute atomic E-state index is 0.356. The molecular formula is C9H12N2OS. The summed E-state index contributed by atoms with van der Waals surface area (Å²) in [6.07, 6.45) is 2.59. The highest BCUT2D eigenvalue weighted by molar-refractivity contribution is 7.80. The van der Waals surface area contributed by atoms with Crippen LogP contribution in [0.3, 0.4) is 0 Å². The molecule has 3 nitrogen and oxygen atoms in total. The molecule has 70 valence electrons. The standard InChI is InChI=1S/C9H12N2OS/c1-2-5-12-8-4-3-7(6-11-8)9(10)13/h3-4,6H,2,5H2,1H3,(H2,10,13). The average molecular weight is 196 g/mol. The van der Waals surface area contributed by atoms with E-state index in [0.717, 1.165) is 12.0 Å². The van der Waals surface area contributed by atoms with Crippen molar-refractivity contribution in [2.75, 3.05) is 6.61 Å². The third kappa shape index (κ3) is 2.99. The van der Waals surface area contributed by atoms with Gasteiger partial charge in [-0.1, -0.05) is 19.1 Å². The molecule has 1 heterocycles. The Balaban J connectivity index is 2.64. The Labute approximate surface area is 82.9 Å². The fraction of sp³-hybridized carbons (Fsp3) is 0.333. The van der Waals surface area contributed by atoms with Gasteiger partial charge in [-0.05, 0) is 12.5 Å². The van der Waals surface area contributed by atoms with Crippen molar-refractivity contribution in [2.45, 2.75) is 13.3 Å². The van der Waals surface area contributed by atoms with E-state index in [2.05, 4.69) is 4.98 Å². The van der Waals surface area contributed by atoms with Gasteiger partial charge < -0.3 is 10.5 Å². The number of thiocarbonyl (C=S) groups is 1. The van der Waals surface area contributed by atoms with Crippen LogP contribution in [0.1, 0.15) is 18.9 Å². The second-order valence-corrected chi connectivity index (χ2v) is 3.04. The largest absolute Gasteiger partial charge is 0.478 e. The number of hydrogen-bond donors (Lipinski definition) is 1. The van der Waals surface area contributed by atoms with Crippen molar-refractivity contribution in [3.8, 4) is 5.88 Å². The predicted octanol–water partition coefficient (Wildman–Crippen LogP) is 1.50. The van der Waals surface area contributed by atoms with Gasteiger partial charge in [0, 0.05) is 17.8 Å². The fourth-order valence-electron chi connectivity index (χ4n) is 0.818. The summed E-state index contributed by atoms with van der Waals surface area (Å²) in [5.74, 6) is 0.613. The first-order chi connectivity index (χ1) is 6.24. The summed E-state index contributed by atoms with van der Waals surface area (Å²) in [7, 11) is 0. The van der Waals surface area contributed by atoms with Gasteiger partial charge >= 0.3 is 0 Å². The van der Waals surface area contributed by atoms with Gasteiger partial charge in [-0.3, -0.25) is 0 Å². The van der Waals surface area contributed by atoms with Crippen LogP contribution in [0.15, 0.2) is 18.3 Å². The van der Waals surface area contributed by atoms with Crippen LogP contribution in [0.5, 0.6) is 5.88 Å². The molecular weight excluding hydrogens is 184 g/mol. The lowest BCUT2D eigenvalue weighted by molar-refractivity contribution is 0.305. The Morgan fingerprint density at radius 2 is 2.38 bits per heavy atom. The molecule has 1 aromatic heterocycles. The van der Waals surface area contributed by atoms with Crippen LogP contribution in [0.25, 0.3) is 0 Å². The van der Waals surface area contributed by atoms with Gasteiger partial charge in [0.05, 0.1) is 6.61 Å². The lowest BCUT2D eigenvalue weighted by Gasteiger charge is -2.03. The second-order valence-electron chi connectivity index (χ2n) is 2.60. The quantitative estimate of drug-likeness (QED) is 0.741. The second kappa shape index (κ2) is 4.77. The summed E-state index contributed by atoms with van der Waals surface area (Å²) >= 11 is 4.79. The van der Waals surface area contributed by atoms with Gasteiger partial charge in [0.1, 0.15) is 4.99 Å². The van der Waals surface area contributed by atoms with Crippen LogP contribution >= 0.6 is 12.2 Å². The van der Waals surface area contributed by atoms with Gasteiger partial charge in [-0.15, -0.1) is 0 Å². The molecule has 13 heavy (non-hydrogen) atoms. The van der Waals surface area contributed by atoms with Crippen LogP contribution < -0.4 is 10.5 Å². The van der Waals surface area contributed by atoms with E-state index in [-0.39, 0.29) is 0 Å². The molecule has 0 aromatic carbocycles. The number of nitrogens with zero attached hydrogens (tertiary/aromatic N) is 1. The Kier molecular flexibility index (Phi) is 3.64. The molecule has 0 aliphatic heterocycles. The molecule has 0 unspecified atom stereocenters. The van der Waals surface area contributed by atoms with E-state index >= 15 is 0 Å². The van der Waals surface area contributed by atoms with Crippen LogP contribution in [-0.2, 0) is 0 Å². The zero-order valence-corrected chi connectivity index (χ0v) is 8.30. The Hall–Kier alpha value is -1.16. The molecule has 0 spiro atoms. The normalized spacial score (nSPS) is 9.62. The van der Waals surface area contributed by atoms with E-state index in [1.807, 2.05) is 6.92 Å². The highest BCUT2D eigenvalue weighted by Crippen LogP contribution is 2.07. The van der Waals surface area contributed by atoms with Gasteiger partial charge in [-0.2, -0.15) is 0 Å². The molecule has 0 atom stereocenters. The molecule has 0 aliphatic rings. The Morgan fingerprint density at radius 1 is 1.62 bits per heavy atom. The molecule has 1 rings (SSSR count). The van der Waals surface area contributed by atoms with Crippen LogP contribution in [0.4, 0.5) is 0 Å². The maximum atomic E-state index is 5.41. The van der Waals surface area contributed by atoms with Crippen molar-refractivity contribution in [2.24, 2.45) is 5.73 Å². The Bertz CT molecular complexity index is 284. The highest BCUT2D eigenvalue weighted by Gasteiger charge is 1.97. The molecule has 0 fully saturated rings. The summed E-state index contributed by atoms with van der Waals surface area (Å²) in [5, 5.41) is 0. The number of ether oxygens (including phenoxy) is 1. The molecule has 0 bridgehead atoms. The SMILES string of the molecule is CCCOc1ccc(C(N)=S)cn1. The molecule has 0 saturated heterocycles. The van der Waals surface area contributed by atoms with E-state index in [1.165, 1.54) is 0 Å². The zero-order chi connectivity index (χ0) is 9.68. The monoisotopic (exact) mass is 196 g/mol. The van der Waals surface area contributed by atoms with Crippen LogP contribution in [0.2, 0.25) is 0 Å². The minimum Gasteiger partial charge on any atom is -0.478 e. The molecule has 0 amide bonds. The van der Waals surface area contributed by atoms with E-state index < -0.39 is 0 Å². The highest BCUT2D eigenvalue weighted by atomic mass is 32.1. The minimum atomic E-state index is 0.356. The number of pyridine rings is 1. The van der Waals surface area contributed by atoms with Crippen molar-refractivity contribution in [3.05, 3.63) is 23.9 Å². The van der Waals surface area contributed by atoms with Gasteiger partial charge in [0.15, 0.2) is 0 Å². The lowest BCUT2D eigenvalue weighted by atomic mass is 10.3. The number of hydrogen-bond acceptors (Lipinski definition) is 3. The summed E-state index contributed by atoms with van der Waals surface area (Å²) < 4.78 is 5.29. The van der Waals surface area contributed by atoms with E-state index in [0.29, 0.717) is 17.5 Å². The van der Waals surface area contributed by atoms with Crippen molar-refractivity contribution in [1.29, 1.82) is 0 Å². The van der Waals surface area contributed by atoms with Gasteiger partial charge in [0.2, 0.25) is 5.88 Å². The van der Waals surface area contributed by atoms with E-state index in [1.54, 1.807) is 18.3 Å². The number of aromatic nitrogens is 1. The number of nitrogens with two attached hydrogens (primary N) is 1. The number of rotatable bonds is 4. The zero-order valence-electron chi connectivity index (χ0n) is 7.49. The summed E-state index contributed by atoms with van der Waals surface area (Å²) in [6, 6.07) is 3.57. The predicted molar refractivity (Wildman–Crippen MR) is 55.9 cm³/mol. The van der Waals surface area contributed by atoms with Crippen molar-refractivity contribution >= 4 is 17.2 Å². The summed E-state index contributed by atoms with van der Waals surface area (Å²) in [4.78, 5) is 4.40. The maximum absolute atomic E-state index is 5.41. The molecule has 0 saturated carbocycles. The van der Waals surface area contributed by atoms with Crippen LogP contribution in [-0.4, -0.2) is 16.6 Å². The van der Waals surface area contributed by atoms with E-state index in [9.17, 15) is 0 Å². The third-order valence-corrected chi connectivity index (χ3v) is 1.71. The molecule has 0 radical (unpaired) electrons. The first kappa shape index (κ1) is 9.92. The van der Waals surface area contributed by atoms with Gasteiger partial charge in [-0.25, -0.2) is 4.98 Å². The van der Waals surface area contributed by atoms with Crippen molar-refractivity contribution in [3.63, 3.8) is 0 Å². The average Bonchev–Trinajstić information content (AvgIpc) is 2.15. The molecule has 1 aromatic rings. The van der Waals surface area contributed by atoms with Crippen molar-refractivity contribution < 1.29 is 4.74 Å². The third-order valence-electron chi connectivity index (χ3n) is 1.47. The first-order valence-electron chi connectivity index (χ1n) is 4.12. The van der Waals surface area contributed by atoms with Gasteiger partial charge in [0.25, 0.3) is 0 Å².